The predicted octanol–water partition coefficient (Wildman–Crippen LogP) is 3.08. The van der Waals surface area contributed by atoms with Crippen LogP contribution in [0.5, 0.6) is 5.88 Å². The fourth-order valence-electron chi connectivity index (χ4n) is 1.93. The highest BCUT2D eigenvalue weighted by Gasteiger charge is 2.15. The number of hydrogen-bond acceptors (Lipinski definition) is 2. The molecule has 2 rings (SSSR count). The average Bonchev–Trinajstić information content (AvgIpc) is 2.58. The lowest BCUT2D eigenvalue weighted by Crippen LogP contribution is -2.06. The van der Waals surface area contributed by atoms with Gasteiger partial charge in [-0.2, -0.15) is 0 Å². The summed E-state index contributed by atoms with van der Waals surface area (Å²) in [4.78, 5) is 0. The lowest BCUT2D eigenvalue weighted by molar-refractivity contribution is 0.444. The molecular formula is C14H18N2O. The normalized spacial score (nSPS) is 11.1. The van der Waals surface area contributed by atoms with Gasteiger partial charge < -0.3 is 5.11 Å². The summed E-state index contributed by atoms with van der Waals surface area (Å²) in [6, 6.07) is 9.92. The zero-order chi connectivity index (χ0) is 12.4. The van der Waals surface area contributed by atoms with Gasteiger partial charge in [-0.3, -0.25) is 0 Å². The van der Waals surface area contributed by atoms with Gasteiger partial charge in [-0.1, -0.05) is 32.0 Å². The molecule has 0 saturated heterocycles. The van der Waals surface area contributed by atoms with Crippen molar-refractivity contribution in [2.45, 2.75) is 27.2 Å². The van der Waals surface area contributed by atoms with Crippen LogP contribution in [0.1, 0.15) is 25.1 Å². The molecule has 2 aromatic rings. The smallest absolute Gasteiger partial charge is 0.233 e. The predicted molar refractivity (Wildman–Crippen MR) is 68.5 cm³/mol. The van der Waals surface area contributed by atoms with E-state index in [1.165, 1.54) is 0 Å². The van der Waals surface area contributed by atoms with Crippen LogP contribution in [0.2, 0.25) is 0 Å². The second-order valence-corrected chi connectivity index (χ2v) is 4.74. The van der Waals surface area contributed by atoms with Crippen LogP contribution in [-0.2, 0) is 6.42 Å². The van der Waals surface area contributed by atoms with Gasteiger partial charge >= 0.3 is 0 Å². The molecule has 0 radical (unpaired) electrons. The lowest BCUT2D eigenvalue weighted by atomic mass is 10.1. The Morgan fingerprint density at radius 2 is 1.88 bits per heavy atom. The van der Waals surface area contributed by atoms with Gasteiger partial charge in [0.15, 0.2) is 0 Å². The molecule has 0 saturated carbocycles. The van der Waals surface area contributed by atoms with E-state index >= 15 is 0 Å². The summed E-state index contributed by atoms with van der Waals surface area (Å²) in [6.45, 7) is 6.25. The Bertz CT molecular complexity index is 500. The maximum absolute atomic E-state index is 9.76. The van der Waals surface area contributed by atoms with Crippen LogP contribution in [-0.4, -0.2) is 14.9 Å². The van der Waals surface area contributed by atoms with Gasteiger partial charge in [0.05, 0.1) is 11.4 Å². The monoisotopic (exact) mass is 230 g/mol. The van der Waals surface area contributed by atoms with E-state index in [9.17, 15) is 5.11 Å². The van der Waals surface area contributed by atoms with Crippen molar-refractivity contribution in [3.05, 3.63) is 41.6 Å². The molecule has 0 fully saturated rings. The molecule has 3 nitrogen and oxygen atoms in total. The minimum atomic E-state index is 0.129. The van der Waals surface area contributed by atoms with E-state index in [-0.39, 0.29) is 5.88 Å². The zero-order valence-electron chi connectivity index (χ0n) is 10.5. The van der Waals surface area contributed by atoms with Crippen molar-refractivity contribution >= 4 is 0 Å². The van der Waals surface area contributed by atoms with Gasteiger partial charge in [-0.25, -0.2) is 4.68 Å². The number of para-hydroxylation sites is 1. The molecule has 1 heterocycles. The second-order valence-electron chi connectivity index (χ2n) is 4.74. The Hall–Kier alpha value is -1.77. The molecule has 0 unspecified atom stereocenters. The minimum absolute atomic E-state index is 0.129. The fraction of sp³-hybridized carbons (Fsp3) is 0.357. The average molecular weight is 230 g/mol. The lowest BCUT2D eigenvalue weighted by Gasteiger charge is -2.09. The summed E-state index contributed by atoms with van der Waals surface area (Å²) in [5, 5.41) is 14.0. The molecule has 1 aromatic carbocycles. The number of benzene rings is 1. The number of hydrogen-bond donors (Lipinski definition) is 1. The molecule has 0 bridgehead atoms. The Labute approximate surface area is 102 Å². The number of nitrogens with zero attached hydrogens (tertiary/aromatic N) is 2. The molecule has 0 atom stereocenters. The molecule has 3 heteroatoms. The summed E-state index contributed by atoms with van der Waals surface area (Å²) in [5.74, 6) is 0.664. The van der Waals surface area contributed by atoms with E-state index in [0.29, 0.717) is 5.92 Å². The summed E-state index contributed by atoms with van der Waals surface area (Å²) >= 11 is 0. The third-order valence-corrected chi connectivity index (χ3v) is 2.82. The third-order valence-electron chi connectivity index (χ3n) is 2.82. The molecule has 0 aliphatic carbocycles. The molecular weight excluding hydrogens is 212 g/mol. The first kappa shape index (κ1) is 11.7. The summed E-state index contributed by atoms with van der Waals surface area (Å²) < 4.78 is 1.84. The number of aromatic hydroxyl groups is 1. The maximum atomic E-state index is 9.76. The minimum Gasteiger partial charge on any atom is -0.492 e. The standard InChI is InChI=1S/C14H18N2O/c1-10(2)9-13-11(3)14(17)15-16(13)12-7-5-4-6-8-12/h4-8,10H,9H2,1-3H3,(H,15,17). The van der Waals surface area contributed by atoms with Crippen molar-refractivity contribution in [2.75, 3.05) is 0 Å². The summed E-state index contributed by atoms with van der Waals surface area (Å²) in [5.41, 5.74) is 2.96. The molecule has 0 spiro atoms. The van der Waals surface area contributed by atoms with Crippen LogP contribution in [0, 0.1) is 12.8 Å². The number of rotatable bonds is 3. The second kappa shape index (κ2) is 4.62. The van der Waals surface area contributed by atoms with Gasteiger partial charge in [0.25, 0.3) is 0 Å². The van der Waals surface area contributed by atoms with E-state index in [0.717, 1.165) is 23.4 Å². The Morgan fingerprint density at radius 3 is 2.47 bits per heavy atom. The van der Waals surface area contributed by atoms with Crippen LogP contribution in [0.4, 0.5) is 0 Å². The molecule has 1 aromatic heterocycles. The first-order chi connectivity index (χ1) is 8.09. The molecule has 90 valence electrons. The highest BCUT2D eigenvalue weighted by Crippen LogP contribution is 2.24. The fourth-order valence-corrected chi connectivity index (χ4v) is 1.93. The Kier molecular flexibility index (Phi) is 3.18. The summed E-state index contributed by atoms with van der Waals surface area (Å²) in [6.07, 6.45) is 0.911. The first-order valence-corrected chi connectivity index (χ1v) is 5.92. The van der Waals surface area contributed by atoms with Gasteiger partial charge in [0.2, 0.25) is 5.88 Å². The van der Waals surface area contributed by atoms with Gasteiger partial charge in [-0.05, 0) is 31.4 Å². The highest BCUT2D eigenvalue weighted by molar-refractivity contribution is 5.39. The van der Waals surface area contributed by atoms with Crippen molar-refractivity contribution in [3.63, 3.8) is 0 Å². The van der Waals surface area contributed by atoms with Crippen LogP contribution in [0.15, 0.2) is 30.3 Å². The van der Waals surface area contributed by atoms with Crippen molar-refractivity contribution in [3.8, 4) is 11.6 Å². The highest BCUT2D eigenvalue weighted by atomic mass is 16.3. The van der Waals surface area contributed by atoms with Crippen molar-refractivity contribution in [1.82, 2.24) is 9.78 Å². The Morgan fingerprint density at radius 1 is 1.24 bits per heavy atom. The van der Waals surface area contributed by atoms with Crippen LogP contribution >= 0.6 is 0 Å². The van der Waals surface area contributed by atoms with Gasteiger partial charge in [0.1, 0.15) is 0 Å². The van der Waals surface area contributed by atoms with E-state index in [4.69, 9.17) is 0 Å². The maximum Gasteiger partial charge on any atom is 0.233 e. The summed E-state index contributed by atoms with van der Waals surface area (Å²) in [7, 11) is 0. The molecule has 0 amide bonds. The van der Waals surface area contributed by atoms with E-state index in [1.807, 2.05) is 41.9 Å². The quantitative estimate of drug-likeness (QED) is 0.880. The van der Waals surface area contributed by atoms with E-state index in [1.54, 1.807) is 0 Å². The SMILES string of the molecule is Cc1c(O)nn(-c2ccccc2)c1CC(C)C. The van der Waals surface area contributed by atoms with E-state index in [2.05, 4.69) is 18.9 Å². The third kappa shape index (κ3) is 2.33. The largest absolute Gasteiger partial charge is 0.492 e. The van der Waals surface area contributed by atoms with Crippen molar-refractivity contribution in [2.24, 2.45) is 5.92 Å². The van der Waals surface area contributed by atoms with Crippen molar-refractivity contribution in [1.29, 1.82) is 0 Å². The molecule has 0 aliphatic heterocycles. The van der Waals surface area contributed by atoms with Crippen LogP contribution in [0.3, 0.4) is 0 Å². The molecule has 1 N–H and O–H groups in total. The number of aromatic nitrogens is 2. The van der Waals surface area contributed by atoms with Crippen LogP contribution < -0.4 is 0 Å². The van der Waals surface area contributed by atoms with Crippen LogP contribution in [0.25, 0.3) is 5.69 Å². The Balaban J connectivity index is 2.50. The zero-order valence-corrected chi connectivity index (χ0v) is 10.5. The molecule has 17 heavy (non-hydrogen) atoms. The molecule has 0 aliphatic rings. The van der Waals surface area contributed by atoms with E-state index < -0.39 is 0 Å². The first-order valence-electron chi connectivity index (χ1n) is 5.92. The van der Waals surface area contributed by atoms with Gasteiger partial charge in [-0.15, -0.1) is 5.10 Å². The topological polar surface area (TPSA) is 38.1 Å². The van der Waals surface area contributed by atoms with Crippen molar-refractivity contribution < 1.29 is 5.11 Å². The van der Waals surface area contributed by atoms with Gasteiger partial charge in [0, 0.05) is 5.56 Å².